The lowest BCUT2D eigenvalue weighted by Gasteiger charge is -2.25. The fraction of sp³-hybridized carbons (Fsp3) is 0.0851. The Bertz CT molecular complexity index is 6490. The van der Waals surface area contributed by atoms with Crippen molar-refractivity contribution in [2.75, 3.05) is 0 Å². The summed E-state index contributed by atoms with van der Waals surface area (Å²) in [4.78, 5) is 5.40. The number of hydrogen-bond acceptors (Lipinski definition) is 3. The van der Waals surface area contributed by atoms with E-state index in [1.807, 2.05) is 24.3 Å². The lowest BCUT2D eigenvalue weighted by molar-refractivity contribution is 0.620. The van der Waals surface area contributed by atoms with E-state index < -0.39 is 0 Å². The maximum Gasteiger partial charge on any atom is 0.229 e. The Labute approximate surface area is 584 Å². The van der Waals surface area contributed by atoms with Crippen molar-refractivity contribution < 1.29 is 4.42 Å². The Morgan fingerprint density at radius 1 is 0.267 bits per heavy atom. The number of benzene rings is 14. The molecule has 0 radical (unpaired) electrons. The van der Waals surface area contributed by atoms with Crippen molar-refractivity contribution in [3.05, 3.63) is 317 Å². The molecule has 0 bridgehead atoms. The van der Waals surface area contributed by atoms with Gasteiger partial charge in [-0.3, -0.25) is 0 Å². The van der Waals surface area contributed by atoms with Gasteiger partial charge in [-0.2, -0.15) is 5.26 Å². The molecule has 0 aliphatic carbocycles. The molecule has 0 spiro atoms. The molecule has 0 saturated heterocycles. The van der Waals surface area contributed by atoms with Crippen molar-refractivity contribution in [2.24, 2.45) is 0 Å². The molecule has 0 fully saturated rings. The number of oxazole rings is 1. The normalized spacial score (nSPS) is 12.0. The van der Waals surface area contributed by atoms with Crippen molar-refractivity contribution in [3.63, 3.8) is 0 Å². The number of para-hydroxylation sites is 2. The highest BCUT2D eigenvalue weighted by Gasteiger charge is 2.32. The topological polar surface area (TPSA) is 69.5 Å². The molecule has 0 atom stereocenters. The van der Waals surface area contributed by atoms with Crippen LogP contribution in [0.25, 0.3) is 177 Å². The SMILES string of the molecule is Cc1ccc2c(c1)c1cc(C)ccc1n2-c1ccc(-c2c(C#N)c(-c3nc4ccccc4o3)c(-c3ccc(-n4c5ccc(C)cc5c5cc(C)ccc54)cc3)c(-c3ccc(-n4c5ccc(C)cc5c5cc(C)ccc54)cc3)c2-c2ccc(-n3c4ccc(C)cc4c4cc(C)ccc43)cc2)cc1. The summed E-state index contributed by atoms with van der Waals surface area (Å²) in [6.45, 7) is 17.3. The fourth-order valence-corrected chi connectivity index (χ4v) is 16.4. The summed E-state index contributed by atoms with van der Waals surface area (Å²) in [5.74, 6) is 0.358. The zero-order chi connectivity index (χ0) is 68.2. The van der Waals surface area contributed by atoms with Crippen LogP contribution in [0.15, 0.2) is 271 Å². The number of rotatable bonds is 9. The van der Waals surface area contributed by atoms with Crippen LogP contribution < -0.4 is 0 Å². The number of nitriles is 1. The summed E-state index contributed by atoms with van der Waals surface area (Å²) in [5.41, 5.74) is 32.3. The fourth-order valence-electron chi connectivity index (χ4n) is 16.4. The van der Waals surface area contributed by atoms with Crippen LogP contribution in [0.1, 0.15) is 50.1 Å². The highest BCUT2D eigenvalue weighted by molar-refractivity contribution is 6.15. The standard InChI is InChI=1S/C94H68N6O/c1-54-13-37-80-70(45-54)71-46-55(2)14-38-81(71)97(80)66-29-21-62(22-30-66)89-78(53-95)93(94-96-79-11-9-10-12-88(79)101-94)92(65-27-35-69(36-28-65)100-86-43-19-60(7)51-76(86)77-52-61(8)20-44-87(77)100)91(64-25-33-68(34-26-64)99-84-41-17-58(5)49-74(84)75-50-59(6)18-42-85(75)99)90(89)63-23-31-67(32-24-63)98-82-39-15-56(3)47-72(82)73-48-57(4)16-40-83(73)98/h9-52H,1-8H3. The van der Waals surface area contributed by atoms with Gasteiger partial charge >= 0.3 is 0 Å². The van der Waals surface area contributed by atoms with Gasteiger partial charge in [0.2, 0.25) is 5.89 Å². The van der Waals surface area contributed by atoms with Gasteiger partial charge in [0.05, 0.1) is 55.3 Å². The van der Waals surface area contributed by atoms with Crippen molar-refractivity contribution >= 4 is 98.3 Å². The second-order valence-corrected chi connectivity index (χ2v) is 28.0. The van der Waals surface area contributed by atoms with Gasteiger partial charge in [0, 0.05) is 77.0 Å². The van der Waals surface area contributed by atoms with E-state index in [1.165, 1.54) is 87.6 Å². The lowest BCUT2D eigenvalue weighted by Crippen LogP contribution is -2.03. The van der Waals surface area contributed by atoms with Crippen LogP contribution in [0.3, 0.4) is 0 Å². The molecule has 0 N–H and O–H groups in total. The third kappa shape index (κ3) is 9.36. The van der Waals surface area contributed by atoms with Crippen LogP contribution in [0.5, 0.6) is 0 Å². The van der Waals surface area contributed by atoms with Crippen molar-refractivity contribution in [1.82, 2.24) is 23.3 Å². The van der Waals surface area contributed by atoms with E-state index in [9.17, 15) is 5.26 Å². The Balaban J connectivity index is 0.923. The third-order valence-electron chi connectivity index (χ3n) is 21.1. The molecule has 101 heavy (non-hydrogen) atoms. The van der Waals surface area contributed by atoms with E-state index in [2.05, 4.69) is 322 Å². The second kappa shape index (κ2) is 22.7. The molecule has 480 valence electrons. The predicted octanol–water partition coefficient (Wildman–Crippen LogP) is 24.9. The van der Waals surface area contributed by atoms with Gasteiger partial charge in [-0.15, -0.1) is 0 Å². The van der Waals surface area contributed by atoms with Gasteiger partial charge in [0.15, 0.2) is 5.58 Å². The van der Waals surface area contributed by atoms with Gasteiger partial charge in [-0.1, -0.05) is 154 Å². The summed E-state index contributed by atoms with van der Waals surface area (Å²) >= 11 is 0. The van der Waals surface area contributed by atoms with E-state index in [1.54, 1.807) is 0 Å². The minimum atomic E-state index is 0.358. The van der Waals surface area contributed by atoms with Gasteiger partial charge in [0.1, 0.15) is 11.6 Å². The Hall–Kier alpha value is -12.8. The summed E-state index contributed by atoms with van der Waals surface area (Å²) < 4.78 is 16.6. The molecular weight excluding hydrogens is 1230 g/mol. The second-order valence-electron chi connectivity index (χ2n) is 28.0. The minimum absolute atomic E-state index is 0.358. The Kier molecular flexibility index (Phi) is 13.3. The zero-order valence-corrected chi connectivity index (χ0v) is 57.5. The summed E-state index contributed by atoms with van der Waals surface area (Å²) in [7, 11) is 0. The molecular formula is C94H68N6O. The minimum Gasteiger partial charge on any atom is -0.436 e. The highest BCUT2D eigenvalue weighted by atomic mass is 16.3. The smallest absolute Gasteiger partial charge is 0.229 e. The van der Waals surface area contributed by atoms with E-state index in [0.717, 1.165) is 111 Å². The molecule has 0 amide bonds. The molecule has 5 aromatic heterocycles. The number of fused-ring (bicyclic) bond motifs is 13. The molecule has 0 aliphatic rings. The van der Waals surface area contributed by atoms with E-state index >= 15 is 0 Å². The van der Waals surface area contributed by atoms with Crippen LogP contribution in [-0.4, -0.2) is 23.3 Å². The van der Waals surface area contributed by atoms with Crippen LogP contribution in [0.2, 0.25) is 0 Å². The molecule has 7 nitrogen and oxygen atoms in total. The first kappa shape index (κ1) is 59.5. The van der Waals surface area contributed by atoms with Crippen molar-refractivity contribution in [2.45, 2.75) is 55.4 Å². The maximum atomic E-state index is 12.6. The average molecular weight is 1300 g/mol. The Morgan fingerprint density at radius 3 is 0.762 bits per heavy atom. The van der Waals surface area contributed by atoms with Crippen molar-refractivity contribution in [1.29, 1.82) is 5.26 Å². The van der Waals surface area contributed by atoms with Crippen molar-refractivity contribution in [3.8, 4) is 84.8 Å². The molecule has 0 aliphatic heterocycles. The largest absolute Gasteiger partial charge is 0.436 e. The predicted molar refractivity (Wildman–Crippen MR) is 421 cm³/mol. The molecule has 19 rings (SSSR count). The number of aryl methyl sites for hydroxylation is 8. The molecule has 5 heterocycles. The summed E-state index contributed by atoms with van der Waals surface area (Å²) in [5, 5.41) is 22.3. The number of aromatic nitrogens is 5. The summed E-state index contributed by atoms with van der Waals surface area (Å²) in [6, 6.07) is 101. The highest BCUT2D eigenvalue weighted by Crippen LogP contribution is 2.54. The Morgan fingerprint density at radius 2 is 0.505 bits per heavy atom. The van der Waals surface area contributed by atoms with Crippen LogP contribution in [0.4, 0.5) is 0 Å². The quantitative estimate of drug-likeness (QED) is 0.145. The first-order chi connectivity index (χ1) is 49.3. The van der Waals surface area contributed by atoms with Gasteiger partial charge in [0.25, 0.3) is 0 Å². The molecule has 19 aromatic rings. The van der Waals surface area contributed by atoms with Gasteiger partial charge in [-0.25, -0.2) is 4.98 Å². The average Bonchev–Trinajstić information content (AvgIpc) is 1.06. The lowest BCUT2D eigenvalue weighted by atomic mass is 9.77. The maximum absolute atomic E-state index is 12.6. The van der Waals surface area contributed by atoms with Crippen LogP contribution in [-0.2, 0) is 0 Å². The first-order valence-corrected chi connectivity index (χ1v) is 34.8. The van der Waals surface area contributed by atoms with E-state index in [-0.39, 0.29) is 0 Å². The number of nitrogens with zero attached hydrogens (tertiary/aromatic N) is 6. The van der Waals surface area contributed by atoms with E-state index in [0.29, 0.717) is 28.1 Å². The van der Waals surface area contributed by atoms with Gasteiger partial charge < -0.3 is 22.7 Å². The zero-order valence-electron chi connectivity index (χ0n) is 57.5. The monoisotopic (exact) mass is 1300 g/mol. The van der Waals surface area contributed by atoms with Gasteiger partial charge in [-0.05, 0) is 246 Å². The number of hydrogen-bond donors (Lipinski definition) is 0. The molecule has 0 saturated carbocycles. The molecule has 14 aromatic carbocycles. The van der Waals surface area contributed by atoms with Crippen LogP contribution >= 0.6 is 0 Å². The van der Waals surface area contributed by atoms with Crippen LogP contribution in [0, 0.1) is 66.7 Å². The third-order valence-corrected chi connectivity index (χ3v) is 21.1. The summed E-state index contributed by atoms with van der Waals surface area (Å²) in [6.07, 6.45) is 0. The first-order valence-electron chi connectivity index (χ1n) is 34.8. The van der Waals surface area contributed by atoms with E-state index in [4.69, 9.17) is 9.40 Å². The molecule has 0 unspecified atom stereocenters. The molecule has 7 heteroatoms.